The van der Waals surface area contributed by atoms with Crippen molar-refractivity contribution in [3.8, 4) is 0 Å². The van der Waals surface area contributed by atoms with Gasteiger partial charge >= 0.3 is 0 Å². The Morgan fingerprint density at radius 1 is 1.20 bits per heavy atom. The van der Waals surface area contributed by atoms with Crippen LogP contribution in [0.4, 0.5) is 0 Å². The molecule has 1 unspecified atom stereocenters. The van der Waals surface area contributed by atoms with Gasteiger partial charge in [0, 0.05) is 4.88 Å². The zero-order valence-electron chi connectivity index (χ0n) is 10.4. The zero-order valence-corrected chi connectivity index (χ0v) is 11.2. The summed E-state index contributed by atoms with van der Waals surface area (Å²) >= 11 is 1.78. The van der Waals surface area contributed by atoms with Crippen molar-refractivity contribution < 1.29 is 0 Å². The highest BCUT2D eigenvalue weighted by atomic mass is 32.1. The summed E-state index contributed by atoms with van der Waals surface area (Å²) in [6.45, 7) is 10.9. The summed E-state index contributed by atoms with van der Waals surface area (Å²) in [5.74, 6) is 1.22. The Balaban J connectivity index is 3.00. The van der Waals surface area contributed by atoms with E-state index in [-0.39, 0.29) is 6.04 Å². The van der Waals surface area contributed by atoms with Crippen LogP contribution < -0.4 is 5.73 Å². The monoisotopic (exact) mass is 226 g/mol. The fraction of sp³-hybridized carbons (Fsp3) is 0.750. The van der Waals surface area contributed by atoms with Crippen LogP contribution in [0.15, 0.2) is 0 Å². The normalized spacial score (nSPS) is 13.9. The third kappa shape index (κ3) is 3.28. The first-order valence-electron chi connectivity index (χ1n) is 5.66. The maximum absolute atomic E-state index is 5.87. The quantitative estimate of drug-likeness (QED) is 0.853. The largest absolute Gasteiger partial charge is 0.322 e. The predicted octanol–water partition coefficient (Wildman–Crippen LogP) is 3.48. The summed E-state index contributed by atoms with van der Waals surface area (Å²) in [6.07, 6.45) is 1.07. The molecule has 0 aliphatic carbocycles. The van der Waals surface area contributed by atoms with Crippen molar-refractivity contribution in [3.05, 3.63) is 15.6 Å². The van der Waals surface area contributed by atoms with Crippen LogP contribution in [0.25, 0.3) is 0 Å². The molecule has 0 saturated carbocycles. The van der Waals surface area contributed by atoms with Gasteiger partial charge in [0.2, 0.25) is 0 Å². The Kier molecular flexibility index (Phi) is 4.29. The average molecular weight is 226 g/mol. The highest BCUT2D eigenvalue weighted by Crippen LogP contribution is 2.30. The van der Waals surface area contributed by atoms with E-state index in [1.807, 2.05) is 6.92 Å². The molecule has 1 aromatic rings. The molecule has 1 aromatic heterocycles. The molecule has 0 amide bonds. The van der Waals surface area contributed by atoms with Gasteiger partial charge in [0.25, 0.3) is 0 Å². The molecule has 1 rings (SSSR count). The van der Waals surface area contributed by atoms with E-state index in [0.717, 1.165) is 11.4 Å². The van der Waals surface area contributed by atoms with E-state index in [0.29, 0.717) is 11.8 Å². The highest BCUT2D eigenvalue weighted by molar-refractivity contribution is 7.11. The van der Waals surface area contributed by atoms with E-state index in [1.165, 1.54) is 10.6 Å². The van der Waals surface area contributed by atoms with Crippen LogP contribution in [-0.2, 0) is 6.42 Å². The molecule has 2 nitrogen and oxygen atoms in total. The summed E-state index contributed by atoms with van der Waals surface area (Å²) < 4.78 is 0. The molecule has 0 radical (unpaired) electrons. The molecular formula is C12H22N2S. The van der Waals surface area contributed by atoms with E-state index < -0.39 is 0 Å². The van der Waals surface area contributed by atoms with E-state index >= 15 is 0 Å². The summed E-state index contributed by atoms with van der Waals surface area (Å²) in [6, 6.07) is 0.0633. The maximum Gasteiger partial charge on any atom is 0.110 e. The lowest BCUT2D eigenvalue weighted by Crippen LogP contribution is -2.05. The van der Waals surface area contributed by atoms with E-state index in [1.54, 1.807) is 11.3 Å². The van der Waals surface area contributed by atoms with Crippen LogP contribution in [0.2, 0.25) is 0 Å². The minimum absolute atomic E-state index is 0.0633. The molecular weight excluding hydrogens is 204 g/mol. The topological polar surface area (TPSA) is 38.9 Å². The van der Waals surface area contributed by atoms with Gasteiger partial charge in [-0.3, -0.25) is 0 Å². The van der Waals surface area contributed by atoms with Crippen molar-refractivity contribution in [3.63, 3.8) is 0 Å². The van der Waals surface area contributed by atoms with Crippen molar-refractivity contribution in [2.75, 3.05) is 0 Å². The second kappa shape index (κ2) is 5.08. The van der Waals surface area contributed by atoms with E-state index in [2.05, 4.69) is 32.7 Å². The number of nitrogens with two attached hydrogens (primary N) is 1. The fourth-order valence-corrected chi connectivity index (χ4v) is 2.61. The zero-order chi connectivity index (χ0) is 11.6. The van der Waals surface area contributed by atoms with E-state index in [9.17, 15) is 0 Å². The molecule has 0 bridgehead atoms. The minimum Gasteiger partial charge on any atom is -0.322 e. The van der Waals surface area contributed by atoms with Gasteiger partial charge in [0.05, 0.1) is 11.7 Å². The van der Waals surface area contributed by atoms with Crippen molar-refractivity contribution in [1.29, 1.82) is 0 Å². The van der Waals surface area contributed by atoms with Gasteiger partial charge < -0.3 is 5.73 Å². The second-order valence-electron chi connectivity index (χ2n) is 4.90. The molecule has 1 heterocycles. The van der Waals surface area contributed by atoms with Gasteiger partial charge in [-0.2, -0.15) is 0 Å². The maximum atomic E-state index is 5.87. The molecule has 2 N–H and O–H groups in total. The van der Waals surface area contributed by atoms with E-state index in [4.69, 9.17) is 5.73 Å². The van der Waals surface area contributed by atoms with Crippen molar-refractivity contribution in [1.82, 2.24) is 4.98 Å². The summed E-state index contributed by atoms with van der Waals surface area (Å²) in [5.41, 5.74) is 7.14. The van der Waals surface area contributed by atoms with Gasteiger partial charge in [-0.1, -0.05) is 27.7 Å². The first-order valence-corrected chi connectivity index (χ1v) is 6.48. The average Bonchev–Trinajstić information content (AvgIpc) is 2.46. The smallest absolute Gasteiger partial charge is 0.110 e. The number of aromatic nitrogens is 1. The van der Waals surface area contributed by atoms with Crippen LogP contribution in [0.1, 0.15) is 62.2 Å². The van der Waals surface area contributed by atoms with Gasteiger partial charge in [0.1, 0.15) is 5.01 Å². The van der Waals surface area contributed by atoms with Crippen molar-refractivity contribution in [2.45, 2.75) is 53.0 Å². The lowest BCUT2D eigenvalue weighted by Gasteiger charge is -2.06. The van der Waals surface area contributed by atoms with Crippen molar-refractivity contribution >= 4 is 11.3 Å². The second-order valence-corrected chi connectivity index (χ2v) is 5.97. The first-order chi connectivity index (χ1) is 6.91. The molecule has 0 saturated heterocycles. The van der Waals surface area contributed by atoms with Gasteiger partial charge in [-0.05, 0) is 25.2 Å². The summed E-state index contributed by atoms with van der Waals surface area (Å²) in [4.78, 5) is 6.08. The third-order valence-corrected chi connectivity index (χ3v) is 3.86. The molecule has 15 heavy (non-hydrogen) atoms. The Morgan fingerprint density at radius 2 is 1.80 bits per heavy atom. The molecule has 3 heteroatoms. The molecule has 0 aliphatic heterocycles. The summed E-state index contributed by atoms with van der Waals surface area (Å²) in [7, 11) is 0. The number of hydrogen-bond donors (Lipinski definition) is 1. The third-order valence-electron chi connectivity index (χ3n) is 2.26. The Bertz CT molecular complexity index is 313. The van der Waals surface area contributed by atoms with Crippen LogP contribution >= 0.6 is 11.3 Å². The molecule has 0 aliphatic rings. The predicted molar refractivity (Wildman–Crippen MR) is 67.3 cm³/mol. The van der Waals surface area contributed by atoms with Crippen LogP contribution in [-0.4, -0.2) is 4.98 Å². The van der Waals surface area contributed by atoms with Gasteiger partial charge in [-0.15, -0.1) is 11.3 Å². The lowest BCUT2D eigenvalue weighted by atomic mass is 10.0. The number of thiazole rings is 1. The highest BCUT2D eigenvalue weighted by Gasteiger charge is 2.16. The number of hydrogen-bond acceptors (Lipinski definition) is 3. The number of rotatable bonds is 4. The minimum atomic E-state index is 0.0633. The standard InChI is InChI=1S/C12H22N2S/c1-7(2)6-10-11(8(3)4)15-12(14-10)9(5)13/h7-9H,6,13H2,1-5H3. The lowest BCUT2D eigenvalue weighted by molar-refractivity contribution is 0.626. The molecule has 0 aromatic carbocycles. The Morgan fingerprint density at radius 3 is 2.20 bits per heavy atom. The molecule has 0 spiro atoms. The van der Waals surface area contributed by atoms with Crippen LogP contribution in [0.3, 0.4) is 0 Å². The molecule has 0 fully saturated rings. The molecule has 1 atom stereocenters. The Labute approximate surface area is 96.9 Å². The van der Waals surface area contributed by atoms with Gasteiger partial charge in [-0.25, -0.2) is 4.98 Å². The van der Waals surface area contributed by atoms with Crippen LogP contribution in [0.5, 0.6) is 0 Å². The van der Waals surface area contributed by atoms with Gasteiger partial charge in [0.15, 0.2) is 0 Å². The van der Waals surface area contributed by atoms with Crippen LogP contribution in [0, 0.1) is 5.92 Å². The Hall–Kier alpha value is -0.410. The number of nitrogens with zero attached hydrogens (tertiary/aromatic N) is 1. The molecule has 86 valence electrons. The van der Waals surface area contributed by atoms with Crippen molar-refractivity contribution in [2.24, 2.45) is 11.7 Å². The fourth-order valence-electron chi connectivity index (χ4n) is 1.56. The first kappa shape index (κ1) is 12.7. The SMILES string of the molecule is CC(C)Cc1nc(C(C)N)sc1C(C)C. The summed E-state index contributed by atoms with van der Waals surface area (Å²) in [5, 5.41) is 1.08.